The van der Waals surface area contributed by atoms with Crippen LogP contribution in [0.25, 0.3) is 22.2 Å². The van der Waals surface area contributed by atoms with Gasteiger partial charge in [0.2, 0.25) is 0 Å². The standard InChI is InChI=1S/C19H18BrClN2O2/c20-12-5-3-4-11(10-12)17-13(6-1-2-9-22)16-14(19(24)25)7-8-15(21)18(16)23-17/h3-5,7-8,10,23H,1-2,6,9,22H2,(H,24,25). The molecule has 6 heteroatoms. The SMILES string of the molecule is NCCCCc1c(-c2cccc(Br)c2)[nH]c2c(Cl)ccc(C(=O)O)c12. The molecule has 0 unspecified atom stereocenters. The average molecular weight is 422 g/mol. The number of nitrogens with two attached hydrogens (primary N) is 1. The van der Waals surface area contributed by atoms with Crippen LogP contribution in [0, 0.1) is 0 Å². The summed E-state index contributed by atoms with van der Waals surface area (Å²) in [6, 6.07) is 11.1. The quantitative estimate of drug-likeness (QED) is 0.477. The lowest BCUT2D eigenvalue weighted by Gasteiger charge is -2.07. The Morgan fingerprint density at radius 3 is 2.72 bits per heavy atom. The molecule has 0 saturated carbocycles. The maximum absolute atomic E-state index is 11.7. The fourth-order valence-electron chi connectivity index (χ4n) is 3.10. The molecule has 0 fully saturated rings. The zero-order valence-electron chi connectivity index (χ0n) is 13.5. The smallest absolute Gasteiger partial charge is 0.336 e. The van der Waals surface area contributed by atoms with Crippen LogP contribution in [-0.4, -0.2) is 22.6 Å². The van der Waals surface area contributed by atoms with Crippen LogP contribution in [0.4, 0.5) is 0 Å². The normalized spacial score (nSPS) is 11.2. The predicted molar refractivity (Wildman–Crippen MR) is 105 cm³/mol. The van der Waals surface area contributed by atoms with Crippen molar-refractivity contribution in [2.24, 2.45) is 5.73 Å². The molecule has 0 amide bonds. The molecule has 4 nitrogen and oxygen atoms in total. The average Bonchev–Trinajstić information content (AvgIpc) is 2.96. The Morgan fingerprint density at radius 2 is 2.04 bits per heavy atom. The summed E-state index contributed by atoms with van der Waals surface area (Å²) < 4.78 is 0.959. The zero-order valence-corrected chi connectivity index (χ0v) is 15.8. The number of unbranched alkanes of at least 4 members (excludes halogenated alkanes) is 1. The number of nitrogens with one attached hydrogen (secondary N) is 1. The van der Waals surface area contributed by atoms with E-state index in [1.807, 2.05) is 24.3 Å². The van der Waals surface area contributed by atoms with Crippen LogP contribution in [0.2, 0.25) is 5.02 Å². The van der Waals surface area contributed by atoms with E-state index in [0.717, 1.165) is 40.6 Å². The molecular formula is C19H18BrClN2O2. The molecule has 130 valence electrons. The van der Waals surface area contributed by atoms with Crippen molar-refractivity contribution in [3.05, 3.63) is 57.0 Å². The van der Waals surface area contributed by atoms with Gasteiger partial charge in [-0.15, -0.1) is 0 Å². The topological polar surface area (TPSA) is 79.1 Å². The number of halogens is 2. The molecule has 3 aromatic rings. The highest BCUT2D eigenvalue weighted by atomic mass is 79.9. The Hall–Kier alpha value is -1.82. The summed E-state index contributed by atoms with van der Waals surface area (Å²) >= 11 is 9.84. The van der Waals surface area contributed by atoms with Gasteiger partial charge < -0.3 is 15.8 Å². The minimum atomic E-state index is -0.957. The second-order valence-electron chi connectivity index (χ2n) is 5.88. The number of hydrogen-bond acceptors (Lipinski definition) is 2. The fraction of sp³-hybridized carbons (Fsp3) is 0.211. The van der Waals surface area contributed by atoms with Crippen molar-refractivity contribution < 1.29 is 9.90 Å². The number of fused-ring (bicyclic) bond motifs is 1. The Bertz CT molecular complexity index is 937. The molecule has 0 spiro atoms. The largest absolute Gasteiger partial charge is 0.478 e. The van der Waals surface area contributed by atoms with Crippen LogP contribution in [0.1, 0.15) is 28.8 Å². The third-order valence-electron chi connectivity index (χ3n) is 4.23. The molecule has 3 rings (SSSR count). The Labute approximate surface area is 159 Å². The van der Waals surface area contributed by atoms with E-state index in [1.165, 1.54) is 0 Å². The van der Waals surface area contributed by atoms with Gasteiger partial charge in [0.1, 0.15) is 0 Å². The van der Waals surface area contributed by atoms with Gasteiger partial charge in [0.05, 0.1) is 16.1 Å². The van der Waals surface area contributed by atoms with Crippen molar-refractivity contribution >= 4 is 44.4 Å². The molecule has 0 saturated heterocycles. The maximum atomic E-state index is 11.7. The number of aromatic nitrogens is 1. The van der Waals surface area contributed by atoms with Crippen molar-refractivity contribution in [3.8, 4) is 11.3 Å². The van der Waals surface area contributed by atoms with Crippen molar-refractivity contribution in [1.29, 1.82) is 0 Å². The monoisotopic (exact) mass is 420 g/mol. The molecule has 1 heterocycles. The van der Waals surface area contributed by atoms with Crippen molar-refractivity contribution in [2.75, 3.05) is 6.54 Å². The zero-order chi connectivity index (χ0) is 18.0. The van der Waals surface area contributed by atoms with Crippen molar-refractivity contribution in [1.82, 2.24) is 4.98 Å². The first-order valence-electron chi connectivity index (χ1n) is 8.05. The highest BCUT2D eigenvalue weighted by Crippen LogP contribution is 2.37. The number of benzene rings is 2. The molecule has 0 bridgehead atoms. The summed E-state index contributed by atoms with van der Waals surface area (Å²) in [5.74, 6) is -0.957. The first-order valence-corrected chi connectivity index (χ1v) is 9.22. The van der Waals surface area contributed by atoms with Crippen LogP contribution in [0.3, 0.4) is 0 Å². The van der Waals surface area contributed by atoms with Crippen molar-refractivity contribution in [3.63, 3.8) is 0 Å². The number of H-pyrrole nitrogens is 1. The van der Waals surface area contributed by atoms with E-state index < -0.39 is 5.97 Å². The highest BCUT2D eigenvalue weighted by molar-refractivity contribution is 9.10. The van der Waals surface area contributed by atoms with E-state index in [9.17, 15) is 9.90 Å². The van der Waals surface area contributed by atoms with E-state index in [2.05, 4.69) is 20.9 Å². The lowest BCUT2D eigenvalue weighted by Crippen LogP contribution is -2.01. The molecule has 0 aliphatic heterocycles. The molecule has 0 radical (unpaired) electrons. The molecule has 0 aliphatic rings. The first kappa shape index (κ1) is 18.0. The molecular weight excluding hydrogens is 404 g/mol. The number of aromatic amines is 1. The van der Waals surface area contributed by atoms with Gasteiger partial charge >= 0.3 is 5.97 Å². The summed E-state index contributed by atoms with van der Waals surface area (Å²) in [5.41, 5.74) is 9.42. The number of rotatable bonds is 6. The van der Waals surface area contributed by atoms with Crippen LogP contribution in [0.5, 0.6) is 0 Å². The van der Waals surface area contributed by atoms with Gasteiger partial charge in [0.15, 0.2) is 0 Å². The van der Waals surface area contributed by atoms with Crippen LogP contribution < -0.4 is 5.73 Å². The van der Waals surface area contributed by atoms with E-state index in [4.69, 9.17) is 17.3 Å². The number of carbonyl (C=O) groups is 1. The molecule has 0 aliphatic carbocycles. The fourth-order valence-corrected chi connectivity index (χ4v) is 3.71. The second kappa shape index (κ2) is 7.60. The lowest BCUT2D eigenvalue weighted by molar-refractivity contribution is 0.0699. The second-order valence-corrected chi connectivity index (χ2v) is 7.21. The summed E-state index contributed by atoms with van der Waals surface area (Å²) in [5, 5.41) is 10.8. The number of aromatic carboxylic acids is 1. The number of hydrogen-bond donors (Lipinski definition) is 3. The first-order chi connectivity index (χ1) is 12.0. The predicted octanol–water partition coefficient (Wildman–Crippen LogP) is 5.23. The van der Waals surface area contributed by atoms with E-state index in [1.54, 1.807) is 12.1 Å². The number of carboxylic acid groups (broad SMARTS) is 1. The third kappa shape index (κ3) is 3.59. The summed E-state index contributed by atoms with van der Waals surface area (Å²) in [6.07, 6.45) is 2.50. The Kier molecular flexibility index (Phi) is 5.47. The third-order valence-corrected chi connectivity index (χ3v) is 5.04. The van der Waals surface area contributed by atoms with Crippen LogP contribution >= 0.6 is 27.5 Å². The van der Waals surface area contributed by atoms with Gasteiger partial charge in [0.25, 0.3) is 0 Å². The van der Waals surface area contributed by atoms with Gasteiger partial charge in [-0.1, -0.05) is 39.7 Å². The molecule has 4 N–H and O–H groups in total. The highest BCUT2D eigenvalue weighted by Gasteiger charge is 2.20. The minimum absolute atomic E-state index is 0.264. The number of carboxylic acids is 1. The Morgan fingerprint density at radius 1 is 1.24 bits per heavy atom. The molecule has 2 aromatic carbocycles. The van der Waals surface area contributed by atoms with Crippen LogP contribution in [0.15, 0.2) is 40.9 Å². The maximum Gasteiger partial charge on any atom is 0.336 e. The van der Waals surface area contributed by atoms with Crippen LogP contribution in [-0.2, 0) is 6.42 Å². The van der Waals surface area contributed by atoms with E-state index >= 15 is 0 Å². The summed E-state index contributed by atoms with van der Waals surface area (Å²) in [7, 11) is 0. The van der Waals surface area contributed by atoms with Gasteiger partial charge in [-0.25, -0.2) is 4.79 Å². The molecule has 1 aromatic heterocycles. The lowest BCUT2D eigenvalue weighted by atomic mass is 9.97. The van der Waals surface area contributed by atoms with Gasteiger partial charge in [-0.3, -0.25) is 0 Å². The van der Waals surface area contributed by atoms with E-state index in [-0.39, 0.29) is 5.56 Å². The van der Waals surface area contributed by atoms with Crippen molar-refractivity contribution in [2.45, 2.75) is 19.3 Å². The van der Waals surface area contributed by atoms with E-state index in [0.29, 0.717) is 22.5 Å². The van der Waals surface area contributed by atoms with Gasteiger partial charge in [-0.05, 0) is 61.2 Å². The van der Waals surface area contributed by atoms with Gasteiger partial charge in [0, 0.05) is 15.6 Å². The number of aryl methyl sites for hydroxylation is 1. The summed E-state index contributed by atoms with van der Waals surface area (Å²) in [4.78, 5) is 15.1. The van der Waals surface area contributed by atoms with Gasteiger partial charge in [-0.2, -0.15) is 0 Å². The Balaban J connectivity index is 2.28. The minimum Gasteiger partial charge on any atom is -0.478 e. The molecule has 25 heavy (non-hydrogen) atoms. The molecule has 0 atom stereocenters. The summed E-state index contributed by atoms with van der Waals surface area (Å²) in [6.45, 7) is 0.612.